The third-order valence-electron chi connectivity index (χ3n) is 0.888. The number of carboxylic acid groups (broad SMARTS) is 1. The van der Waals surface area contributed by atoms with Crippen LogP contribution in [-0.4, -0.2) is 21.9 Å². The number of carbonyl (C=O) groups is 1. The summed E-state index contributed by atoms with van der Waals surface area (Å²) in [6, 6.07) is 3.55. The van der Waals surface area contributed by atoms with Crippen LogP contribution in [0, 0.1) is 5.41 Å². The number of nitrogens with one attached hydrogen (secondary N) is 2. The minimum Gasteiger partial charge on any atom is -0.481 e. The minimum absolute atomic E-state index is 0.0787. The Morgan fingerprint density at radius 2 is 2.25 bits per heavy atom. The molecule has 0 bridgehead atoms. The highest BCUT2D eigenvalue weighted by Gasteiger charge is 1.90. The van der Waals surface area contributed by atoms with Crippen LogP contribution in [0.4, 0.5) is 0 Å². The number of hydrogen-bond donors (Lipinski definition) is 4. The highest BCUT2D eigenvalue weighted by Crippen LogP contribution is 1.89. The van der Waals surface area contributed by atoms with Crippen LogP contribution in [0.15, 0.2) is 18.3 Å². The number of rotatable bonds is 1. The standard InChI is InChI=1S/C5H7N3.C2H4O2/c6-5(7)4-2-1-3-8-4;1-2(3)4/h1-3,8H,(H3,6,7);1H3,(H,3,4). The zero-order valence-corrected chi connectivity index (χ0v) is 6.66. The molecule has 0 spiro atoms. The Bertz CT molecular complexity index is 250. The van der Waals surface area contributed by atoms with Gasteiger partial charge in [-0.15, -0.1) is 0 Å². The maximum Gasteiger partial charge on any atom is 0.300 e. The van der Waals surface area contributed by atoms with Crippen LogP contribution in [0.5, 0.6) is 0 Å². The van der Waals surface area contributed by atoms with E-state index in [1.807, 2.05) is 0 Å². The van der Waals surface area contributed by atoms with Gasteiger partial charge < -0.3 is 15.8 Å². The molecule has 5 N–H and O–H groups in total. The van der Waals surface area contributed by atoms with Crippen LogP contribution in [0.3, 0.4) is 0 Å². The van der Waals surface area contributed by atoms with Crippen LogP contribution >= 0.6 is 0 Å². The van der Waals surface area contributed by atoms with Gasteiger partial charge in [-0.1, -0.05) is 0 Å². The summed E-state index contributed by atoms with van der Waals surface area (Å²) in [5, 5.41) is 14.3. The first-order valence-electron chi connectivity index (χ1n) is 3.21. The lowest BCUT2D eigenvalue weighted by atomic mass is 10.4. The molecule has 5 heteroatoms. The molecule has 1 heterocycles. The molecule has 0 saturated heterocycles. The summed E-state index contributed by atoms with van der Waals surface area (Å²) >= 11 is 0. The van der Waals surface area contributed by atoms with Gasteiger partial charge in [0.05, 0.1) is 5.69 Å². The Morgan fingerprint density at radius 3 is 2.42 bits per heavy atom. The molecule has 0 aromatic carbocycles. The van der Waals surface area contributed by atoms with E-state index in [2.05, 4.69) is 4.98 Å². The molecule has 0 amide bonds. The molecule has 5 nitrogen and oxygen atoms in total. The molecular weight excluding hydrogens is 158 g/mol. The number of nitrogens with two attached hydrogens (primary N) is 1. The van der Waals surface area contributed by atoms with E-state index >= 15 is 0 Å². The second-order valence-electron chi connectivity index (χ2n) is 2.02. The van der Waals surface area contributed by atoms with Crippen molar-refractivity contribution in [3.63, 3.8) is 0 Å². The van der Waals surface area contributed by atoms with Crippen molar-refractivity contribution in [2.45, 2.75) is 6.92 Å². The smallest absolute Gasteiger partial charge is 0.300 e. The van der Waals surface area contributed by atoms with Gasteiger partial charge in [-0.3, -0.25) is 10.2 Å². The molecule has 66 valence electrons. The van der Waals surface area contributed by atoms with Gasteiger partial charge in [0, 0.05) is 13.1 Å². The van der Waals surface area contributed by atoms with Crippen molar-refractivity contribution < 1.29 is 9.90 Å². The van der Waals surface area contributed by atoms with E-state index in [1.165, 1.54) is 0 Å². The van der Waals surface area contributed by atoms with Gasteiger partial charge in [-0.2, -0.15) is 0 Å². The molecule has 0 aliphatic rings. The molecule has 1 aromatic rings. The fourth-order valence-electron chi connectivity index (χ4n) is 0.498. The lowest BCUT2D eigenvalue weighted by molar-refractivity contribution is -0.134. The summed E-state index contributed by atoms with van der Waals surface area (Å²) in [7, 11) is 0. The van der Waals surface area contributed by atoms with E-state index < -0.39 is 5.97 Å². The lowest BCUT2D eigenvalue weighted by Crippen LogP contribution is -2.10. The zero-order valence-electron chi connectivity index (χ0n) is 6.66. The lowest BCUT2D eigenvalue weighted by Gasteiger charge is -1.86. The van der Waals surface area contributed by atoms with Gasteiger partial charge in [0.1, 0.15) is 5.84 Å². The first kappa shape index (κ1) is 10.2. The third-order valence-corrected chi connectivity index (χ3v) is 0.888. The topological polar surface area (TPSA) is 103 Å². The van der Waals surface area contributed by atoms with Crippen molar-refractivity contribution in [2.75, 3.05) is 0 Å². The maximum atomic E-state index is 9.00. The molecule has 0 fully saturated rings. The highest BCUT2D eigenvalue weighted by atomic mass is 16.4. The number of aromatic nitrogens is 1. The Balaban J connectivity index is 0.000000261. The summed E-state index contributed by atoms with van der Waals surface area (Å²) in [5.74, 6) is -0.755. The van der Waals surface area contributed by atoms with Crippen molar-refractivity contribution in [3.8, 4) is 0 Å². The van der Waals surface area contributed by atoms with E-state index in [-0.39, 0.29) is 5.84 Å². The van der Waals surface area contributed by atoms with E-state index in [9.17, 15) is 0 Å². The molecule has 0 saturated carbocycles. The molecule has 0 aliphatic heterocycles. The molecular formula is C7H11N3O2. The van der Waals surface area contributed by atoms with Gasteiger partial charge in [0.2, 0.25) is 0 Å². The van der Waals surface area contributed by atoms with Crippen molar-refractivity contribution in [3.05, 3.63) is 24.0 Å². The van der Waals surface area contributed by atoms with Crippen LogP contribution in [0.2, 0.25) is 0 Å². The summed E-state index contributed by atoms with van der Waals surface area (Å²) in [6.45, 7) is 1.08. The highest BCUT2D eigenvalue weighted by molar-refractivity contribution is 5.92. The van der Waals surface area contributed by atoms with Crippen molar-refractivity contribution in [1.82, 2.24) is 4.98 Å². The predicted octanol–water partition coefficient (Wildman–Crippen LogP) is 0.390. The number of aliphatic carboxylic acids is 1. The molecule has 0 atom stereocenters. The molecule has 0 radical (unpaired) electrons. The van der Waals surface area contributed by atoms with Gasteiger partial charge >= 0.3 is 0 Å². The average Bonchev–Trinajstić information content (AvgIpc) is 2.34. The number of nitrogen functional groups attached to an aromatic ring is 1. The molecule has 12 heavy (non-hydrogen) atoms. The van der Waals surface area contributed by atoms with E-state index in [1.54, 1.807) is 18.3 Å². The molecule has 1 aromatic heterocycles. The number of hydrogen-bond acceptors (Lipinski definition) is 2. The quantitative estimate of drug-likeness (QED) is 0.361. The first-order valence-corrected chi connectivity index (χ1v) is 3.21. The van der Waals surface area contributed by atoms with Gasteiger partial charge in [0.15, 0.2) is 0 Å². The largest absolute Gasteiger partial charge is 0.481 e. The van der Waals surface area contributed by atoms with Gasteiger partial charge in [-0.05, 0) is 12.1 Å². The molecule has 0 unspecified atom stereocenters. The van der Waals surface area contributed by atoms with Gasteiger partial charge in [-0.25, -0.2) is 0 Å². The first-order chi connectivity index (χ1) is 5.54. The van der Waals surface area contributed by atoms with E-state index in [4.69, 9.17) is 21.0 Å². The predicted molar refractivity (Wildman–Crippen MR) is 45.1 cm³/mol. The fourth-order valence-corrected chi connectivity index (χ4v) is 0.498. The van der Waals surface area contributed by atoms with Crippen LogP contribution in [-0.2, 0) is 4.79 Å². The van der Waals surface area contributed by atoms with E-state index in [0.717, 1.165) is 6.92 Å². The summed E-state index contributed by atoms with van der Waals surface area (Å²) < 4.78 is 0. The van der Waals surface area contributed by atoms with Crippen molar-refractivity contribution >= 4 is 11.8 Å². The van der Waals surface area contributed by atoms with Crippen molar-refractivity contribution in [2.24, 2.45) is 5.73 Å². The Morgan fingerprint density at radius 1 is 1.75 bits per heavy atom. The van der Waals surface area contributed by atoms with Crippen LogP contribution < -0.4 is 5.73 Å². The minimum atomic E-state index is -0.833. The summed E-state index contributed by atoms with van der Waals surface area (Å²) in [4.78, 5) is 11.8. The number of amidine groups is 1. The fraction of sp³-hybridized carbons (Fsp3) is 0.143. The maximum absolute atomic E-state index is 9.00. The number of carboxylic acids is 1. The summed E-state index contributed by atoms with van der Waals surface area (Å²) in [5.41, 5.74) is 5.78. The van der Waals surface area contributed by atoms with Gasteiger partial charge in [0.25, 0.3) is 5.97 Å². The second kappa shape index (κ2) is 4.95. The Kier molecular flexibility index (Phi) is 4.21. The normalized spacial score (nSPS) is 8.08. The zero-order chi connectivity index (χ0) is 9.56. The van der Waals surface area contributed by atoms with E-state index in [0.29, 0.717) is 5.69 Å². The molecule has 0 aliphatic carbocycles. The third kappa shape index (κ3) is 5.04. The SMILES string of the molecule is CC(=O)O.N=C(N)c1ccc[nH]1. The van der Waals surface area contributed by atoms with Crippen LogP contribution in [0.1, 0.15) is 12.6 Å². The van der Waals surface area contributed by atoms with Crippen molar-refractivity contribution in [1.29, 1.82) is 5.41 Å². The average molecular weight is 169 g/mol. The summed E-state index contributed by atoms with van der Waals surface area (Å²) in [6.07, 6.45) is 1.73. The molecule has 1 rings (SSSR count). The number of H-pyrrole nitrogens is 1. The number of aromatic amines is 1. The Hall–Kier alpha value is -1.78. The monoisotopic (exact) mass is 169 g/mol. The van der Waals surface area contributed by atoms with Crippen LogP contribution in [0.25, 0.3) is 0 Å². The second-order valence-corrected chi connectivity index (χ2v) is 2.02. The Labute approximate surface area is 69.7 Å².